The van der Waals surface area contributed by atoms with Crippen LogP contribution in [-0.4, -0.2) is 0 Å². The van der Waals surface area contributed by atoms with Crippen molar-refractivity contribution in [3.05, 3.63) is 0 Å². The molecule has 0 aromatic rings. The number of hydrogen-bond acceptors (Lipinski definition) is 0. The van der Waals surface area contributed by atoms with Crippen molar-refractivity contribution >= 4 is 0 Å². The zero-order valence-corrected chi connectivity index (χ0v) is 11.1. The van der Waals surface area contributed by atoms with Crippen LogP contribution >= 0.6 is 0 Å². The summed E-state index contributed by atoms with van der Waals surface area (Å²) in [6.07, 6.45) is 0. The van der Waals surface area contributed by atoms with Crippen LogP contribution in [0.1, 0.15) is 0 Å². The molecule has 0 aliphatic heterocycles. The van der Waals surface area contributed by atoms with Gasteiger partial charge in [0.05, 0.1) is 0 Å². The maximum Gasteiger partial charge on any atom is 3.00 e. The van der Waals surface area contributed by atoms with Gasteiger partial charge in [0, 0.05) is 0 Å². The minimum atomic E-state index is 0. The van der Waals surface area contributed by atoms with Crippen molar-refractivity contribution in [2.45, 2.75) is 0 Å². The van der Waals surface area contributed by atoms with Gasteiger partial charge in [0.2, 0.25) is 0 Å². The second-order valence-electron chi connectivity index (χ2n) is 0. The Morgan fingerprint density at radius 2 is 0.667 bits per heavy atom. The monoisotopic (exact) mass is 281 g/mol. The van der Waals surface area contributed by atoms with Gasteiger partial charge in [-0.2, -0.15) is 0 Å². The zero-order chi connectivity index (χ0) is 0. The number of hydrogen-bond donors (Lipinski definition) is 0. The Kier molecular flexibility index (Phi) is 412. The summed E-state index contributed by atoms with van der Waals surface area (Å²) in [5.74, 6) is 0. The molecule has 0 aromatic carbocycles. The molecule has 6 heteroatoms. The fraction of sp³-hybridized carbons (Fsp3) is 0. The van der Waals surface area contributed by atoms with E-state index < -0.39 is 0 Å². The van der Waals surface area contributed by atoms with Gasteiger partial charge in [-0.1, -0.05) is 0 Å². The van der Waals surface area contributed by atoms with Gasteiger partial charge < -0.3 is 16.4 Å². The molecule has 0 aliphatic rings. The Balaban J connectivity index is 0. The first-order valence-corrected chi connectivity index (χ1v) is 0. The van der Waals surface area contributed by atoms with E-state index in [2.05, 4.69) is 0 Å². The van der Waals surface area contributed by atoms with Gasteiger partial charge >= 0.3 is 104 Å². The summed E-state index contributed by atoms with van der Waals surface area (Å²) in [5.41, 5.74) is 0. The van der Waals surface area contributed by atoms with Crippen molar-refractivity contribution in [1.82, 2.24) is 0 Å². The molecule has 0 aliphatic carbocycles. The second-order valence-corrected chi connectivity index (χ2v) is 0. The van der Waals surface area contributed by atoms with Crippen molar-refractivity contribution in [2.24, 2.45) is 0 Å². The summed E-state index contributed by atoms with van der Waals surface area (Å²) in [6.45, 7) is 0. The van der Waals surface area contributed by atoms with Crippen LogP contribution in [0.25, 0.3) is 0 Å². The Labute approximate surface area is 117 Å². The van der Waals surface area contributed by atoms with E-state index in [1.54, 1.807) is 0 Å². The van der Waals surface area contributed by atoms with Gasteiger partial charge in [0.15, 0.2) is 0 Å². The average Bonchev–Trinajstić information content (AvgIpc) is 0. The molecular formula is KLaMnO3. The predicted molar refractivity (Wildman–Crippen MR) is 2.06 cm³/mol. The predicted octanol–water partition coefficient (Wildman–Crippen LogP) is -3.35. The average molecular weight is 281 g/mol. The Hall–Kier alpha value is 3.23. The fourth-order valence-electron chi connectivity index (χ4n) is 0. The molecule has 0 N–H and O–H groups in total. The maximum absolute atomic E-state index is 0. The Morgan fingerprint density at radius 1 is 0.667 bits per heavy atom. The van der Waals surface area contributed by atoms with Crippen LogP contribution in [0.4, 0.5) is 0 Å². The van der Waals surface area contributed by atoms with Gasteiger partial charge in [0.1, 0.15) is 0 Å². The molecule has 0 aromatic heterocycles. The molecule has 3 nitrogen and oxygen atoms in total. The summed E-state index contributed by atoms with van der Waals surface area (Å²) in [5, 5.41) is 0. The van der Waals surface area contributed by atoms with Crippen LogP contribution in [-0.2, 0) is 33.5 Å². The van der Waals surface area contributed by atoms with Crippen molar-refractivity contribution in [1.29, 1.82) is 0 Å². The van der Waals surface area contributed by atoms with Crippen LogP contribution in [0.15, 0.2) is 0 Å². The molecule has 0 spiro atoms. The maximum atomic E-state index is 0. The zero-order valence-electron chi connectivity index (χ0n) is 3.18. The van der Waals surface area contributed by atoms with E-state index in [-0.39, 0.29) is 120 Å². The second kappa shape index (κ2) is 41.2. The molecule has 6 heavy (non-hydrogen) atoms. The van der Waals surface area contributed by atoms with Crippen molar-refractivity contribution in [3.63, 3.8) is 0 Å². The first-order valence-electron chi connectivity index (χ1n) is 0. The molecule has 0 saturated carbocycles. The Bertz CT molecular complexity index is 10.8. The smallest absolute Gasteiger partial charge is 2.00 e. The molecule has 0 saturated heterocycles. The summed E-state index contributed by atoms with van der Waals surface area (Å²) in [6, 6.07) is 0. The molecule has 0 heterocycles. The molecule has 0 rings (SSSR count). The molecule has 0 fully saturated rings. The summed E-state index contributed by atoms with van der Waals surface area (Å²) in [4.78, 5) is 0. The van der Waals surface area contributed by atoms with Crippen LogP contribution in [0.2, 0.25) is 0 Å². The van der Waals surface area contributed by atoms with Crippen molar-refractivity contribution in [2.75, 3.05) is 0 Å². The largest absolute Gasteiger partial charge is 3.00 e. The van der Waals surface area contributed by atoms with E-state index in [0.29, 0.717) is 0 Å². The third-order valence-corrected chi connectivity index (χ3v) is 0. The van der Waals surface area contributed by atoms with Crippen molar-refractivity contribution in [3.8, 4) is 0 Å². The van der Waals surface area contributed by atoms with Crippen LogP contribution < -0.4 is 51.4 Å². The van der Waals surface area contributed by atoms with E-state index in [1.165, 1.54) is 0 Å². The van der Waals surface area contributed by atoms with E-state index in [4.69, 9.17) is 0 Å². The first-order chi connectivity index (χ1) is 0. The minimum Gasteiger partial charge on any atom is -2.00 e. The summed E-state index contributed by atoms with van der Waals surface area (Å²) in [7, 11) is 0. The third kappa shape index (κ3) is 26.9. The number of rotatable bonds is 0. The van der Waals surface area contributed by atoms with E-state index in [9.17, 15) is 0 Å². The topological polar surface area (TPSA) is 85.5 Å². The third-order valence-electron chi connectivity index (χ3n) is 0. The first kappa shape index (κ1) is 59.9. The van der Waals surface area contributed by atoms with E-state index in [0.717, 1.165) is 0 Å². The van der Waals surface area contributed by atoms with Crippen LogP contribution in [0.5, 0.6) is 0 Å². The standard InChI is InChI=1S/K.La.Mn.3O/q+1;+3;+2;3*-2. The quantitative estimate of drug-likeness (QED) is 0.415. The molecule has 0 amide bonds. The molecule has 0 atom stereocenters. The molecule has 0 unspecified atom stereocenters. The SMILES string of the molecule is [K+].[La+3].[Mn+2].[O-2].[O-2].[O-2]. The van der Waals surface area contributed by atoms with E-state index >= 15 is 0 Å². The van der Waals surface area contributed by atoms with Crippen LogP contribution in [0.3, 0.4) is 0 Å². The van der Waals surface area contributed by atoms with Gasteiger partial charge in [-0.15, -0.1) is 0 Å². The molecule has 0 bridgehead atoms. The fourth-order valence-corrected chi connectivity index (χ4v) is 0. The normalized spacial score (nSPS) is 0. The van der Waals surface area contributed by atoms with E-state index in [1.807, 2.05) is 0 Å². The summed E-state index contributed by atoms with van der Waals surface area (Å²) < 4.78 is 0. The van der Waals surface area contributed by atoms with Gasteiger partial charge in [0.25, 0.3) is 0 Å². The summed E-state index contributed by atoms with van der Waals surface area (Å²) >= 11 is 0. The van der Waals surface area contributed by atoms with Gasteiger partial charge in [-0.05, 0) is 0 Å². The van der Waals surface area contributed by atoms with Gasteiger partial charge in [-0.25, -0.2) is 0 Å². The molecule has 1 radical (unpaired) electrons. The minimum absolute atomic E-state index is 0. The molecule has 29 valence electrons. The Morgan fingerprint density at radius 3 is 0.667 bits per heavy atom. The van der Waals surface area contributed by atoms with Gasteiger partial charge in [-0.3, -0.25) is 0 Å². The van der Waals surface area contributed by atoms with Crippen LogP contribution in [0, 0.1) is 35.6 Å². The van der Waals surface area contributed by atoms with Crippen molar-refractivity contribution < 1.29 is 120 Å². The molecular weight excluding hydrogens is 281 g/mol.